The van der Waals surface area contributed by atoms with Crippen LogP contribution in [0.1, 0.15) is 49.6 Å². The van der Waals surface area contributed by atoms with Gasteiger partial charge in [0.15, 0.2) is 5.65 Å². The molecule has 4 aromatic rings. The minimum atomic E-state index is 0.477. The lowest BCUT2D eigenvalue weighted by molar-refractivity contribution is 0.638. The molecule has 0 fully saturated rings. The Balaban J connectivity index is 1.93. The van der Waals surface area contributed by atoms with E-state index in [2.05, 4.69) is 31.0 Å². The predicted octanol–water partition coefficient (Wildman–Crippen LogP) is 5.62. The maximum absolute atomic E-state index is 6.44. The Labute approximate surface area is 169 Å². The quantitative estimate of drug-likeness (QED) is 0.479. The Hall–Kier alpha value is -2.73. The van der Waals surface area contributed by atoms with Gasteiger partial charge in [0.1, 0.15) is 5.69 Å². The van der Waals surface area contributed by atoms with Crippen molar-refractivity contribution in [3.8, 4) is 21.0 Å². The van der Waals surface area contributed by atoms with Gasteiger partial charge in [-0.25, -0.2) is 9.50 Å². The van der Waals surface area contributed by atoms with Crippen molar-refractivity contribution >= 4 is 22.7 Å². The molecule has 5 nitrogen and oxygen atoms in total. The fourth-order valence-corrected chi connectivity index (χ4v) is 4.96. The molecular formula is C22H25N5S. The maximum atomic E-state index is 6.44. The number of pyridine rings is 1. The van der Waals surface area contributed by atoms with E-state index in [1.165, 1.54) is 5.56 Å². The normalized spacial score (nSPS) is 11.6. The first-order chi connectivity index (χ1) is 13.5. The van der Waals surface area contributed by atoms with Crippen LogP contribution in [0.4, 0.5) is 5.69 Å². The van der Waals surface area contributed by atoms with E-state index < -0.39 is 0 Å². The predicted molar refractivity (Wildman–Crippen MR) is 117 cm³/mol. The third-order valence-electron chi connectivity index (χ3n) is 5.26. The van der Waals surface area contributed by atoms with Gasteiger partial charge in [0.25, 0.3) is 0 Å². The lowest BCUT2D eigenvalue weighted by atomic mass is 9.95. The molecule has 2 N–H and O–H groups in total. The van der Waals surface area contributed by atoms with E-state index in [0.29, 0.717) is 5.92 Å². The van der Waals surface area contributed by atoms with Crippen LogP contribution in [0.5, 0.6) is 0 Å². The molecule has 0 spiro atoms. The molecule has 0 aromatic carbocycles. The largest absolute Gasteiger partial charge is 0.397 e. The summed E-state index contributed by atoms with van der Waals surface area (Å²) in [6.07, 6.45) is 5.82. The molecule has 4 aromatic heterocycles. The summed E-state index contributed by atoms with van der Waals surface area (Å²) in [6.45, 7) is 8.55. The molecule has 0 aliphatic heterocycles. The number of aromatic nitrogens is 4. The second kappa shape index (κ2) is 7.36. The number of hydrogen-bond donors (Lipinski definition) is 1. The van der Waals surface area contributed by atoms with Crippen molar-refractivity contribution in [1.82, 2.24) is 19.6 Å². The summed E-state index contributed by atoms with van der Waals surface area (Å²) in [5.41, 5.74) is 13.4. The fourth-order valence-electron chi connectivity index (χ4n) is 3.81. The number of hydrogen-bond acceptors (Lipinski definition) is 5. The average Bonchev–Trinajstić information content (AvgIpc) is 3.22. The molecule has 0 aliphatic carbocycles. The van der Waals surface area contributed by atoms with Crippen LogP contribution in [0, 0.1) is 13.8 Å². The highest BCUT2D eigenvalue weighted by Gasteiger charge is 2.22. The van der Waals surface area contributed by atoms with Crippen molar-refractivity contribution in [2.75, 3.05) is 5.73 Å². The first kappa shape index (κ1) is 18.6. The monoisotopic (exact) mass is 391 g/mol. The topological polar surface area (TPSA) is 69.1 Å². The van der Waals surface area contributed by atoms with Crippen LogP contribution >= 0.6 is 11.3 Å². The van der Waals surface area contributed by atoms with Gasteiger partial charge in [-0.2, -0.15) is 5.10 Å². The standard InChI is InChI=1S/C22H25N5S/c1-5-15(6-2)17-10-13(3)26-27-20(14(4)25-22(17)27)21-18(23)11-19(28-21)16-8-7-9-24-12-16/h7-12,15H,5-6,23H2,1-4H3. The van der Waals surface area contributed by atoms with Gasteiger partial charge < -0.3 is 5.73 Å². The van der Waals surface area contributed by atoms with Gasteiger partial charge in [-0.05, 0) is 50.8 Å². The van der Waals surface area contributed by atoms with Gasteiger partial charge >= 0.3 is 0 Å². The minimum Gasteiger partial charge on any atom is -0.397 e. The van der Waals surface area contributed by atoms with Crippen LogP contribution in [0.25, 0.3) is 26.7 Å². The molecule has 0 bridgehead atoms. The zero-order chi connectivity index (χ0) is 19.8. The summed E-state index contributed by atoms with van der Waals surface area (Å²) in [5, 5.41) is 4.80. The number of nitrogen functional groups attached to an aromatic ring is 1. The van der Waals surface area contributed by atoms with Crippen molar-refractivity contribution in [3.05, 3.63) is 53.6 Å². The zero-order valence-corrected chi connectivity index (χ0v) is 17.5. The van der Waals surface area contributed by atoms with E-state index >= 15 is 0 Å². The lowest BCUT2D eigenvalue weighted by Crippen LogP contribution is -2.05. The van der Waals surface area contributed by atoms with Gasteiger partial charge in [0, 0.05) is 28.4 Å². The minimum absolute atomic E-state index is 0.477. The molecule has 4 rings (SSSR count). The van der Waals surface area contributed by atoms with Crippen LogP contribution in [-0.2, 0) is 0 Å². The molecule has 0 aliphatic rings. The highest BCUT2D eigenvalue weighted by Crippen LogP contribution is 2.41. The third kappa shape index (κ3) is 3.07. The molecule has 28 heavy (non-hydrogen) atoms. The zero-order valence-electron chi connectivity index (χ0n) is 16.7. The summed E-state index contributed by atoms with van der Waals surface area (Å²) >= 11 is 1.67. The Morgan fingerprint density at radius 1 is 1.18 bits per heavy atom. The summed E-state index contributed by atoms with van der Waals surface area (Å²) in [5.74, 6) is 0.477. The molecule has 6 heteroatoms. The number of nitrogens with zero attached hydrogens (tertiary/aromatic N) is 4. The van der Waals surface area contributed by atoms with Gasteiger partial charge in [0.2, 0.25) is 0 Å². The molecule has 0 radical (unpaired) electrons. The molecular weight excluding hydrogens is 366 g/mol. The fraction of sp³-hybridized carbons (Fsp3) is 0.318. The third-order valence-corrected chi connectivity index (χ3v) is 6.46. The van der Waals surface area contributed by atoms with E-state index in [1.54, 1.807) is 17.5 Å². The van der Waals surface area contributed by atoms with Gasteiger partial charge in [-0.3, -0.25) is 4.98 Å². The van der Waals surface area contributed by atoms with Crippen LogP contribution in [0.3, 0.4) is 0 Å². The SMILES string of the molecule is CCC(CC)c1cc(C)nn2c(-c3sc(-c4cccnc4)cc3N)c(C)nc12. The van der Waals surface area contributed by atoms with E-state index in [9.17, 15) is 0 Å². The van der Waals surface area contributed by atoms with Crippen LogP contribution in [0.2, 0.25) is 0 Å². The summed E-state index contributed by atoms with van der Waals surface area (Å²) < 4.78 is 1.99. The summed E-state index contributed by atoms with van der Waals surface area (Å²) in [6, 6.07) is 8.20. The number of thiophene rings is 1. The molecule has 0 unspecified atom stereocenters. The molecule has 4 heterocycles. The smallest absolute Gasteiger partial charge is 0.158 e. The van der Waals surface area contributed by atoms with Gasteiger partial charge in [-0.15, -0.1) is 11.3 Å². The Kier molecular flexibility index (Phi) is 4.89. The Morgan fingerprint density at radius 2 is 1.96 bits per heavy atom. The number of rotatable bonds is 5. The average molecular weight is 392 g/mol. The molecule has 144 valence electrons. The van der Waals surface area contributed by atoms with Gasteiger partial charge in [-0.1, -0.05) is 19.9 Å². The maximum Gasteiger partial charge on any atom is 0.158 e. The molecule has 0 amide bonds. The van der Waals surface area contributed by atoms with Crippen molar-refractivity contribution < 1.29 is 0 Å². The van der Waals surface area contributed by atoms with E-state index in [-0.39, 0.29) is 0 Å². The van der Waals surface area contributed by atoms with E-state index in [0.717, 1.165) is 56.6 Å². The second-order valence-corrected chi connectivity index (χ2v) is 8.22. The van der Waals surface area contributed by atoms with E-state index in [4.69, 9.17) is 15.8 Å². The van der Waals surface area contributed by atoms with Crippen molar-refractivity contribution in [3.63, 3.8) is 0 Å². The number of anilines is 1. The van der Waals surface area contributed by atoms with Gasteiger partial charge in [0.05, 0.1) is 22.0 Å². The number of imidazole rings is 1. The number of fused-ring (bicyclic) bond motifs is 1. The van der Waals surface area contributed by atoms with Crippen LogP contribution < -0.4 is 5.73 Å². The van der Waals surface area contributed by atoms with Crippen LogP contribution in [0.15, 0.2) is 36.7 Å². The van der Waals surface area contributed by atoms with Crippen molar-refractivity contribution in [2.24, 2.45) is 0 Å². The van der Waals surface area contributed by atoms with Crippen LogP contribution in [-0.4, -0.2) is 19.6 Å². The molecule has 0 saturated heterocycles. The first-order valence-electron chi connectivity index (χ1n) is 9.70. The second-order valence-electron chi connectivity index (χ2n) is 7.17. The first-order valence-corrected chi connectivity index (χ1v) is 10.5. The highest BCUT2D eigenvalue weighted by molar-refractivity contribution is 7.19. The highest BCUT2D eigenvalue weighted by atomic mass is 32.1. The number of nitrogens with two attached hydrogens (primary N) is 1. The summed E-state index contributed by atoms with van der Waals surface area (Å²) in [7, 11) is 0. The lowest BCUT2D eigenvalue weighted by Gasteiger charge is -2.14. The Bertz CT molecular complexity index is 1120. The van der Waals surface area contributed by atoms with E-state index in [1.807, 2.05) is 36.7 Å². The summed E-state index contributed by atoms with van der Waals surface area (Å²) in [4.78, 5) is 11.2. The Morgan fingerprint density at radius 3 is 2.64 bits per heavy atom. The molecule has 0 saturated carbocycles. The molecule has 0 atom stereocenters. The van der Waals surface area contributed by atoms with Crippen molar-refractivity contribution in [1.29, 1.82) is 0 Å². The van der Waals surface area contributed by atoms with Crippen molar-refractivity contribution in [2.45, 2.75) is 46.5 Å². The number of aryl methyl sites for hydroxylation is 2.